The number of fused-ring (bicyclic) bond motifs is 1. The molecule has 0 saturated heterocycles. The van der Waals surface area contributed by atoms with E-state index in [4.69, 9.17) is 12.2 Å². The Balaban J connectivity index is 1.83. The Morgan fingerprint density at radius 2 is 1.96 bits per heavy atom. The smallest absolute Gasteiger partial charge is 0.168 e. The van der Waals surface area contributed by atoms with Gasteiger partial charge in [0, 0.05) is 5.39 Å². The SMILES string of the molecule is Cc1ccc(C[C@H](C#N)Sc2nc(=S)c3ccccc3[nH]2)cc1. The number of nitrogens with zero attached hydrogens (tertiary/aromatic N) is 2. The van der Waals surface area contributed by atoms with E-state index in [9.17, 15) is 5.26 Å². The van der Waals surface area contributed by atoms with Gasteiger partial charge >= 0.3 is 0 Å². The Kier molecular flexibility index (Phi) is 4.75. The number of aryl methyl sites for hydroxylation is 1. The van der Waals surface area contributed by atoms with Crippen LogP contribution in [0.15, 0.2) is 53.7 Å². The number of hydrogen-bond donors (Lipinski definition) is 1. The molecule has 0 amide bonds. The largest absolute Gasteiger partial charge is 0.334 e. The first-order valence-electron chi connectivity index (χ1n) is 7.26. The topological polar surface area (TPSA) is 52.5 Å². The lowest BCUT2D eigenvalue weighted by molar-refractivity contribution is 0.965. The van der Waals surface area contributed by atoms with Crippen molar-refractivity contribution in [3.63, 3.8) is 0 Å². The molecule has 0 aliphatic carbocycles. The third-order valence-electron chi connectivity index (χ3n) is 3.54. The lowest BCUT2D eigenvalue weighted by atomic mass is 10.1. The second-order valence-corrected chi connectivity index (χ2v) is 6.90. The van der Waals surface area contributed by atoms with E-state index in [1.165, 1.54) is 17.3 Å². The number of benzene rings is 2. The molecule has 0 bridgehead atoms. The average molecular weight is 337 g/mol. The highest BCUT2D eigenvalue weighted by atomic mass is 32.2. The zero-order valence-corrected chi connectivity index (χ0v) is 14.2. The first kappa shape index (κ1) is 15.7. The zero-order valence-electron chi connectivity index (χ0n) is 12.6. The molecule has 3 rings (SSSR count). The molecule has 1 aromatic heterocycles. The van der Waals surface area contributed by atoms with Crippen molar-refractivity contribution < 1.29 is 0 Å². The number of nitriles is 1. The minimum atomic E-state index is -0.211. The van der Waals surface area contributed by atoms with Gasteiger partial charge in [-0.15, -0.1) is 0 Å². The second kappa shape index (κ2) is 6.95. The number of thioether (sulfide) groups is 1. The van der Waals surface area contributed by atoms with E-state index in [0.717, 1.165) is 16.5 Å². The van der Waals surface area contributed by atoms with E-state index in [0.29, 0.717) is 16.2 Å². The van der Waals surface area contributed by atoms with Crippen LogP contribution in [0.3, 0.4) is 0 Å². The molecule has 23 heavy (non-hydrogen) atoms. The van der Waals surface area contributed by atoms with Crippen LogP contribution in [-0.2, 0) is 6.42 Å². The number of aromatic amines is 1. The van der Waals surface area contributed by atoms with Crippen molar-refractivity contribution in [1.29, 1.82) is 5.26 Å². The number of nitrogens with one attached hydrogen (secondary N) is 1. The molecule has 0 saturated carbocycles. The summed E-state index contributed by atoms with van der Waals surface area (Å²) < 4.78 is 0.564. The fourth-order valence-corrected chi connectivity index (χ4v) is 3.55. The predicted octanol–water partition coefficient (Wildman–Crippen LogP) is 4.83. The van der Waals surface area contributed by atoms with Gasteiger partial charge in [-0.25, -0.2) is 4.98 Å². The molecule has 0 spiro atoms. The third kappa shape index (κ3) is 3.79. The van der Waals surface area contributed by atoms with Crippen LogP contribution >= 0.6 is 24.0 Å². The standard InChI is InChI=1S/C18H15N3S2/c1-12-6-8-13(9-7-12)10-14(11-19)23-18-20-16-5-3-2-4-15(16)17(22)21-18/h2-9,14H,10H2,1H3,(H,20,21,22)/t14-/m1/s1. The van der Waals surface area contributed by atoms with E-state index in [-0.39, 0.29) is 5.25 Å². The van der Waals surface area contributed by atoms with Crippen molar-refractivity contribution in [3.05, 3.63) is 64.3 Å². The Morgan fingerprint density at radius 3 is 2.70 bits per heavy atom. The number of para-hydroxylation sites is 1. The summed E-state index contributed by atoms with van der Waals surface area (Å²) in [6.45, 7) is 2.05. The highest BCUT2D eigenvalue weighted by Gasteiger charge is 2.13. The molecule has 0 fully saturated rings. The maximum atomic E-state index is 9.45. The van der Waals surface area contributed by atoms with E-state index in [1.807, 2.05) is 24.3 Å². The first-order valence-corrected chi connectivity index (χ1v) is 8.55. The molecule has 1 N–H and O–H groups in total. The lowest BCUT2D eigenvalue weighted by Gasteiger charge is -2.09. The summed E-state index contributed by atoms with van der Waals surface area (Å²) in [6, 6.07) is 18.4. The average Bonchev–Trinajstić information content (AvgIpc) is 2.56. The minimum absolute atomic E-state index is 0.211. The van der Waals surface area contributed by atoms with Crippen molar-refractivity contribution in [2.75, 3.05) is 0 Å². The van der Waals surface area contributed by atoms with E-state index in [1.54, 1.807) is 0 Å². The molecule has 1 atom stereocenters. The predicted molar refractivity (Wildman–Crippen MR) is 97.1 cm³/mol. The molecular formula is C18H15N3S2. The highest BCUT2D eigenvalue weighted by molar-refractivity contribution is 8.00. The summed E-state index contributed by atoms with van der Waals surface area (Å²) in [5.41, 5.74) is 3.31. The zero-order chi connectivity index (χ0) is 16.2. The van der Waals surface area contributed by atoms with Crippen molar-refractivity contribution in [2.24, 2.45) is 0 Å². The summed E-state index contributed by atoms with van der Waals surface area (Å²) in [4.78, 5) is 7.68. The highest BCUT2D eigenvalue weighted by Crippen LogP contribution is 2.24. The molecule has 3 aromatic rings. The monoisotopic (exact) mass is 337 g/mol. The minimum Gasteiger partial charge on any atom is -0.334 e. The molecule has 2 aromatic carbocycles. The van der Waals surface area contributed by atoms with Crippen molar-refractivity contribution in [2.45, 2.75) is 23.8 Å². The van der Waals surface area contributed by atoms with Crippen LogP contribution in [0.25, 0.3) is 10.9 Å². The van der Waals surface area contributed by atoms with Crippen LogP contribution in [0.4, 0.5) is 0 Å². The van der Waals surface area contributed by atoms with Crippen LogP contribution in [0.1, 0.15) is 11.1 Å². The number of H-pyrrole nitrogens is 1. The molecule has 0 aliphatic rings. The Labute approximate surface area is 144 Å². The van der Waals surface area contributed by atoms with Crippen LogP contribution in [0.5, 0.6) is 0 Å². The fourth-order valence-electron chi connectivity index (χ4n) is 2.32. The normalized spacial score (nSPS) is 12.0. The van der Waals surface area contributed by atoms with Gasteiger partial charge in [0.05, 0.1) is 11.6 Å². The second-order valence-electron chi connectivity index (χ2n) is 5.32. The fraction of sp³-hybridized carbons (Fsp3) is 0.167. The molecule has 1 heterocycles. The van der Waals surface area contributed by atoms with E-state index in [2.05, 4.69) is 47.2 Å². The van der Waals surface area contributed by atoms with Gasteiger partial charge in [-0.05, 0) is 31.0 Å². The van der Waals surface area contributed by atoms with Crippen LogP contribution < -0.4 is 0 Å². The Bertz CT molecular complexity index is 923. The van der Waals surface area contributed by atoms with Gasteiger partial charge in [0.1, 0.15) is 9.89 Å². The van der Waals surface area contributed by atoms with Gasteiger partial charge in [-0.3, -0.25) is 0 Å². The van der Waals surface area contributed by atoms with Gasteiger partial charge in [-0.1, -0.05) is 65.9 Å². The summed E-state index contributed by atoms with van der Waals surface area (Å²) in [5, 5.41) is 10.9. The van der Waals surface area contributed by atoms with Crippen molar-refractivity contribution in [1.82, 2.24) is 9.97 Å². The molecule has 114 valence electrons. The summed E-state index contributed by atoms with van der Waals surface area (Å²) in [6.07, 6.45) is 0.677. The maximum absolute atomic E-state index is 9.45. The number of hydrogen-bond acceptors (Lipinski definition) is 4. The van der Waals surface area contributed by atoms with Gasteiger partial charge in [0.15, 0.2) is 5.16 Å². The molecule has 0 unspecified atom stereocenters. The van der Waals surface area contributed by atoms with Crippen LogP contribution in [-0.4, -0.2) is 15.2 Å². The molecule has 0 radical (unpaired) electrons. The van der Waals surface area contributed by atoms with Gasteiger partial charge in [0.25, 0.3) is 0 Å². The molecular weight excluding hydrogens is 322 g/mol. The first-order chi connectivity index (χ1) is 11.2. The Hall–Kier alpha value is -2.16. The summed E-state index contributed by atoms with van der Waals surface area (Å²) in [7, 11) is 0. The van der Waals surface area contributed by atoms with Gasteiger partial charge in [-0.2, -0.15) is 5.26 Å². The maximum Gasteiger partial charge on any atom is 0.168 e. The summed E-state index contributed by atoms with van der Waals surface area (Å²) >= 11 is 6.77. The van der Waals surface area contributed by atoms with Crippen molar-refractivity contribution in [3.8, 4) is 6.07 Å². The van der Waals surface area contributed by atoms with Crippen molar-refractivity contribution >= 4 is 34.9 Å². The van der Waals surface area contributed by atoms with E-state index >= 15 is 0 Å². The van der Waals surface area contributed by atoms with Gasteiger partial charge < -0.3 is 4.98 Å². The molecule has 3 nitrogen and oxygen atoms in total. The van der Waals surface area contributed by atoms with Crippen LogP contribution in [0.2, 0.25) is 0 Å². The number of aromatic nitrogens is 2. The Morgan fingerprint density at radius 1 is 1.22 bits per heavy atom. The lowest BCUT2D eigenvalue weighted by Crippen LogP contribution is -2.05. The third-order valence-corrected chi connectivity index (χ3v) is 4.83. The quantitative estimate of drug-likeness (QED) is 0.421. The van der Waals surface area contributed by atoms with E-state index < -0.39 is 0 Å². The number of rotatable bonds is 4. The molecule has 0 aliphatic heterocycles. The molecule has 5 heteroatoms. The van der Waals surface area contributed by atoms with Crippen LogP contribution in [0, 0.1) is 22.9 Å². The van der Waals surface area contributed by atoms with Gasteiger partial charge in [0.2, 0.25) is 0 Å². The summed E-state index contributed by atoms with van der Waals surface area (Å²) in [5.74, 6) is 0.